The Morgan fingerprint density at radius 3 is 2.81 bits per heavy atom. The van der Waals surface area contributed by atoms with Gasteiger partial charge in [0.1, 0.15) is 6.07 Å². The number of rotatable bonds is 12. The fourth-order valence-electron chi connectivity index (χ4n) is 2.58. The lowest BCUT2D eigenvalue weighted by molar-refractivity contribution is -0.195. The van der Waals surface area contributed by atoms with Gasteiger partial charge in [0, 0.05) is 20.1 Å². The highest BCUT2D eigenvalue weighted by Gasteiger charge is 2.28. The molecule has 0 aromatic rings. The molecule has 8 nitrogen and oxygen atoms in total. The van der Waals surface area contributed by atoms with E-state index in [0.717, 1.165) is 19.3 Å². The van der Waals surface area contributed by atoms with Gasteiger partial charge in [-0.3, -0.25) is 4.79 Å². The zero-order chi connectivity index (χ0) is 20.1. The second-order valence-corrected chi connectivity index (χ2v) is 6.39. The number of hydrogen-bond donors (Lipinski definition) is 0. The number of allylic oxidation sites excluding steroid dienone is 1. The summed E-state index contributed by atoms with van der Waals surface area (Å²) in [5.74, 6) is -0.896. The van der Waals surface area contributed by atoms with E-state index >= 15 is 0 Å². The molecule has 1 fully saturated rings. The summed E-state index contributed by atoms with van der Waals surface area (Å²) < 4.78 is 21.7. The minimum absolute atomic E-state index is 0.0419. The molecule has 8 heteroatoms. The van der Waals surface area contributed by atoms with E-state index in [-0.39, 0.29) is 44.5 Å². The van der Waals surface area contributed by atoms with Crippen molar-refractivity contribution in [3.05, 3.63) is 12.7 Å². The monoisotopic (exact) mass is 382 g/mol. The van der Waals surface area contributed by atoms with Gasteiger partial charge in [-0.25, -0.2) is 4.79 Å². The number of amides is 1. The van der Waals surface area contributed by atoms with Crippen molar-refractivity contribution < 1.29 is 28.5 Å². The topological polar surface area (TPSA) is 98.1 Å². The highest BCUT2D eigenvalue weighted by atomic mass is 16.7. The van der Waals surface area contributed by atoms with Crippen molar-refractivity contribution in [3.63, 3.8) is 0 Å². The Hall–Kier alpha value is -1.95. The molecule has 1 amide bonds. The number of esters is 1. The summed E-state index contributed by atoms with van der Waals surface area (Å²) in [6, 6.07) is 0.819. The molecule has 1 heterocycles. The summed E-state index contributed by atoms with van der Waals surface area (Å²) in [5.41, 5.74) is 0. The summed E-state index contributed by atoms with van der Waals surface area (Å²) in [7, 11) is 1.52. The van der Waals surface area contributed by atoms with Crippen molar-refractivity contribution in [2.24, 2.45) is 0 Å². The Labute approximate surface area is 161 Å². The first kappa shape index (κ1) is 23.1. The first-order valence-electron chi connectivity index (χ1n) is 9.24. The molecule has 0 aromatic carbocycles. The number of nitriles is 1. The highest BCUT2D eigenvalue weighted by Crippen LogP contribution is 2.15. The molecule has 152 valence electrons. The van der Waals surface area contributed by atoms with Gasteiger partial charge in [0.25, 0.3) is 0 Å². The zero-order valence-corrected chi connectivity index (χ0v) is 16.2. The SMILES string of the molecule is C=CCCC(=O)N(C)[C@@H](COC[C@@H](C)OC1CCCCO1)C(=O)OCC#N. The Bertz CT molecular complexity index is 513. The van der Waals surface area contributed by atoms with Gasteiger partial charge in [-0.2, -0.15) is 5.26 Å². The van der Waals surface area contributed by atoms with Crippen molar-refractivity contribution in [2.75, 3.05) is 33.5 Å². The second kappa shape index (κ2) is 13.3. The van der Waals surface area contributed by atoms with Gasteiger partial charge in [-0.05, 0) is 32.6 Å². The molecule has 0 aliphatic carbocycles. The van der Waals surface area contributed by atoms with Crippen LogP contribution in [0.5, 0.6) is 0 Å². The van der Waals surface area contributed by atoms with Crippen molar-refractivity contribution in [2.45, 2.75) is 57.5 Å². The van der Waals surface area contributed by atoms with Gasteiger partial charge in [-0.15, -0.1) is 6.58 Å². The summed E-state index contributed by atoms with van der Waals surface area (Å²) in [6.07, 6.45) is 4.91. The summed E-state index contributed by atoms with van der Waals surface area (Å²) >= 11 is 0. The minimum atomic E-state index is -0.922. The molecule has 0 radical (unpaired) electrons. The van der Waals surface area contributed by atoms with Crippen LogP contribution in [0.2, 0.25) is 0 Å². The van der Waals surface area contributed by atoms with E-state index in [0.29, 0.717) is 13.0 Å². The van der Waals surface area contributed by atoms with Crippen LogP contribution in [0.3, 0.4) is 0 Å². The largest absolute Gasteiger partial charge is 0.449 e. The standard InChI is InChI=1S/C19H30N2O6/c1-4-5-8-17(22)21(3)16(19(23)26-12-10-20)14-24-13-15(2)27-18-9-6-7-11-25-18/h4,15-16,18H,1,5-9,11-14H2,2-3H3/t15-,16+,18?/m1/s1. The van der Waals surface area contributed by atoms with E-state index < -0.39 is 12.0 Å². The fraction of sp³-hybridized carbons (Fsp3) is 0.737. The molecular weight excluding hydrogens is 352 g/mol. The summed E-state index contributed by atoms with van der Waals surface area (Å²) in [4.78, 5) is 25.7. The van der Waals surface area contributed by atoms with Gasteiger partial charge >= 0.3 is 5.97 Å². The predicted octanol–water partition coefficient (Wildman–Crippen LogP) is 1.79. The summed E-state index contributed by atoms with van der Waals surface area (Å²) in [6.45, 7) is 5.97. The average molecular weight is 382 g/mol. The second-order valence-electron chi connectivity index (χ2n) is 6.39. The van der Waals surface area contributed by atoms with Crippen LogP contribution in [-0.4, -0.2) is 68.7 Å². The fourth-order valence-corrected chi connectivity index (χ4v) is 2.58. The minimum Gasteiger partial charge on any atom is -0.449 e. The predicted molar refractivity (Wildman–Crippen MR) is 97.5 cm³/mol. The van der Waals surface area contributed by atoms with Gasteiger partial charge in [0.05, 0.1) is 19.3 Å². The Kier molecular flexibility index (Phi) is 11.3. The number of nitrogens with zero attached hydrogens (tertiary/aromatic N) is 2. The van der Waals surface area contributed by atoms with E-state index in [1.54, 1.807) is 12.1 Å². The normalized spacial score (nSPS) is 18.8. The number of ether oxygens (including phenoxy) is 4. The van der Waals surface area contributed by atoms with Gasteiger partial charge < -0.3 is 23.8 Å². The van der Waals surface area contributed by atoms with Crippen LogP contribution >= 0.6 is 0 Å². The molecule has 27 heavy (non-hydrogen) atoms. The number of likely N-dealkylation sites (N-methyl/N-ethyl adjacent to an activating group) is 1. The lowest BCUT2D eigenvalue weighted by Gasteiger charge is -2.28. The van der Waals surface area contributed by atoms with E-state index in [1.165, 1.54) is 11.9 Å². The maximum atomic E-state index is 12.2. The van der Waals surface area contributed by atoms with E-state index in [4.69, 9.17) is 24.2 Å². The Balaban J connectivity index is 2.51. The molecule has 1 rings (SSSR count). The van der Waals surface area contributed by atoms with Crippen molar-refractivity contribution in [1.82, 2.24) is 4.90 Å². The van der Waals surface area contributed by atoms with Crippen LogP contribution in [0.1, 0.15) is 39.0 Å². The van der Waals surface area contributed by atoms with E-state index in [9.17, 15) is 9.59 Å². The maximum Gasteiger partial charge on any atom is 0.332 e. The van der Waals surface area contributed by atoms with Gasteiger partial charge in [0.15, 0.2) is 18.9 Å². The van der Waals surface area contributed by atoms with E-state index in [2.05, 4.69) is 6.58 Å². The third-order valence-electron chi connectivity index (χ3n) is 4.12. The van der Waals surface area contributed by atoms with E-state index in [1.807, 2.05) is 6.92 Å². The van der Waals surface area contributed by atoms with Crippen LogP contribution in [-0.2, 0) is 28.5 Å². The number of carbonyl (C=O) groups is 2. The first-order chi connectivity index (χ1) is 13.0. The summed E-state index contributed by atoms with van der Waals surface area (Å²) in [5, 5.41) is 8.59. The third-order valence-corrected chi connectivity index (χ3v) is 4.12. The van der Waals surface area contributed by atoms with Gasteiger partial charge in [0.2, 0.25) is 5.91 Å². The van der Waals surface area contributed by atoms with Crippen molar-refractivity contribution in [1.29, 1.82) is 5.26 Å². The molecule has 0 saturated carbocycles. The van der Waals surface area contributed by atoms with Crippen molar-refractivity contribution >= 4 is 11.9 Å². The zero-order valence-electron chi connectivity index (χ0n) is 16.2. The lowest BCUT2D eigenvalue weighted by Crippen LogP contribution is -2.46. The quantitative estimate of drug-likeness (QED) is 0.375. The molecule has 0 bridgehead atoms. The van der Waals surface area contributed by atoms with Crippen LogP contribution in [0.4, 0.5) is 0 Å². The van der Waals surface area contributed by atoms with Crippen LogP contribution < -0.4 is 0 Å². The Morgan fingerprint density at radius 1 is 1.41 bits per heavy atom. The average Bonchev–Trinajstić information content (AvgIpc) is 2.67. The molecule has 1 aliphatic heterocycles. The molecule has 0 N–H and O–H groups in total. The third kappa shape index (κ3) is 9.00. The van der Waals surface area contributed by atoms with Crippen molar-refractivity contribution in [3.8, 4) is 6.07 Å². The van der Waals surface area contributed by atoms with Crippen LogP contribution in [0, 0.1) is 11.3 Å². The molecular formula is C19H30N2O6. The molecule has 0 spiro atoms. The molecule has 3 atom stereocenters. The Morgan fingerprint density at radius 2 is 2.19 bits per heavy atom. The molecule has 1 saturated heterocycles. The molecule has 1 unspecified atom stereocenters. The molecule has 1 aliphatic rings. The lowest BCUT2D eigenvalue weighted by atomic mass is 10.2. The number of hydrogen-bond acceptors (Lipinski definition) is 7. The first-order valence-corrected chi connectivity index (χ1v) is 9.24. The highest BCUT2D eigenvalue weighted by molar-refractivity contribution is 5.84. The maximum absolute atomic E-state index is 12.2. The smallest absolute Gasteiger partial charge is 0.332 e. The van der Waals surface area contributed by atoms with Crippen LogP contribution in [0.25, 0.3) is 0 Å². The number of carbonyl (C=O) groups excluding carboxylic acids is 2. The van der Waals surface area contributed by atoms with Crippen LogP contribution in [0.15, 0.2) is 12.7 Å². The molecule has 0 aromatic heterocycles. The van der Waals surface area contributed by atoms with Gasteiger partial charge in [-0.1, -0.05) is 6.08 Å².